The Morgan fingerprint density at radius 3 is 2.32 bits per heavy atom. The summed E-state index contributed by atoms with van der Waals surface area (Å²) in [6.07, 6.45) is -2.58. The summed E-state index contributed by atoms with van der Waals surface area (Å²) < 4.78 is 62.6. The molecule has 5 nitrogen and oxygen atoms in total. The molecule has 0 radical (unpaired) electrons. The van der Waals surface area contributed by atoms with Crippen LogP contribution in [0, 0.1) is 12.3 Å². The highest BCUT2D eigenvalue weighted by Crippen LogP contribution is 2.40. The number of nitrogen functional groups attached to an aromatic ring is 1. The number of alkyl halides is 5. The van der Waals surface area contributed by atoms with Crippen LogP contribution < -0.4 is 11.1 Å². The number of nitrogens with two attached hydrogens (primary N) is 1. The van der Waals surface area contributed by atoms with E-state index in [4.69, 9.17) is 5.73 Å². The van der Waals surface area contributed by atoms with Crippen molar-refractivity contribution in [3.05, 3.63) is 29.3 Å². The highest BCUT2D eigenvalue weighted by Gasteiger charge is 2.56. The fourth-order valence-corrected chi connectivity index (χ4v) is 5.49. The van der Waals surface area contributed by atoms with E-state index in [1.807, 2.05) is 19.1 Å². The first-order valence-electron chi connectivity index (χ1n) is 12.6. The number of imide groups is 1. The first-order chi connectivity index (χ1) is 17.1. The third kappa shape index (κ3) is 9.98. The van der Waals surface area contributed by atoms with Crippen LogP contribution in [0.4, 0.5) is 32.4 Å². The predicted octanol–water partition coefficient (Wildman–Crippen LogP) is 6.90. The number of rotatable bonds is 15. The molecule has 0 aliphatic carbocycles. The molecule has 37 heavy (non-hydrogen) atoms. The Hall–Kier alpha value is -2.04. The van der Waals surface area contributed by atoms with Crippen LogP contribution in [0.1, 0.15) is 75.8 Å². The van der Waals surface area contributed by atoms with Crippen LogP contribution in [-0.4, -0.2) is 53.5 Å². The number of carbonyl (C=O) groups excluding carboxylic acids is 2. The van der Waals surface area contributed by atoms with Gasteiger partial charge >= 0.3 is 18.1 Å². The second-order valence-electron chi connectivity index (χ2n) is 10.6. The van der Waals surface area contributed by atoms with Crippen molar-refractivity contribution in [3.63, 3.8) is 0 Å². The van der Waals surface area contributed by atoms with Gasteiger partial charge in [0.15, 0.2) is 0 Å². The summed E-state index contributed by atoms with van der Waals surface area (Å²) in [6.45, 7) is 6.85. The number of urea groups is 1. The van der Waals surface area contributed by atoms with Gasteiger partial charge in [0.05, 0.1) is 0 Å². The van der Waals surface area contributed by atoms with Crippen molar-refractivity contribution in [1.29, 1.82) is 0 Å². The van der Waals surface area contributed by atoms with E-state index < -0.39 is 18.5 Å². The number of hydrogen-bond donors (Lipinski definition) is 2. The highest BCUT2D eigenvalue weighted by molar-refractivity contribution is 7.99. The number of nitrogens with zero attached hydrogens (tertiary/aromatic N) is 1. The van der Waals surface area contributed by atoms with Gasteiger partial charge in [-0.1, -0.05) is 32.4 Å². The van der Waals surface area contributed by atoms with Crippen molar-refractivity contribution in [3.8, 4) is 0 Å². The van der Waals surface area contributed by atoms with Crippen LogP contribution in [0.3, 0.4) is 0 Å². The summed E-state index contributed by atoms with van der Waals surface area (Å²) in [6, 6.07) is 5.61. The number of halogens is 5. The van der Waals surface area contributed by atoms with Crippen LogP contribution in [0.15, 0.2) is 18.2 Å². The lowest BCUT2D eigenvalue weighted by Gasteiger charge is -2.31. The van der Waals surface area contributed by atoms with Crippen molar-refractivity contribution in [2.24, 2.45) is 5.41 Å². The maximum Gasteiger partial charge on any atom is 0.453 e. The van der Waals surface area contributed by atoms with Gasteiger partial charge in [-0.2, -0.15) is 33.7 Å². The number of thioether (sulfide) groups is 1. The molecule has 1 aliphatic rings. The number of benzene rings is 1. The second kappa shape index (κ2) is 13.2. The summed E-state index contributed by atoms with van der Waals surface area (Å²) in [5, 5.41) is 2.30. The molecule has 1 saturated heterocycles. The van der Waals surface area contributed by atoms with Crippen LogP contribution in [0.25, 0.3) is 0 Å². The average Bonchev–Trinajstić information content (AvgIpc) is 3.10. The monoisotopic (exact) mass is 551 g/mol. The molecule has 1 heterocycles. The highest BCUT2D eigenvalue weighted by atomic mass is 32.2. The summed E-state index contributed by atoms with van der Waals surface area (Å²) >= 11 is 1.41. The van der Waals surface area contributed by atoms with Crippen molar-refractivity contribution < 1.29 is 31.5 Å². The maximum absolute atomic E-state index is 13.0. The normalized spacial score (nSPS) is 15.8. The van der Waals surface area contributed by atoms with Gasteiger partial charge in [0, 0.05) is 18.7 Å². The maximum atomic E-state index is 13.0. The van der Waals surface area contributed by atoms with E-state index in [0.29, 0.717) is 24.4 Å². The van der Waals surface area contributed by atoms with Gasteiger partial charge in [0.1, 0.15) is 6.54 Å². The van der Waals surface area contributed by atoms with Gasteiger partial charge in [-0.3, -0.25) is 10.1 Å². The van der Waals surface area contributed by atoms with Crippen molar-refractivity contribution in [2.45, 2.75) is 83.7 Å². The lowest BCUT2D eigenvalue weighted by Crippen LogP contribution is -2.36. The topological polar surface area (TPSA) is 75.4 Å². The van der Waals surface area contributed by atoms with Crippen molar-refractivity contribution in [2.75, 3.05) is 30.3 Å². The van der Waals surface area contributed by atoms with Gasteiger partial charge in [0.2, 0.25) is 5.91 Å². The van der Waals surface area contributed by atoms with E-state index in [0.717, 1.165) is 36.8 Å². The first kappa shape index (κ1) is 31.2. The van der Waals surface area contributed by atoms with Gasteiger partial charge < -0.3 is 10.6 Å². The fraction of sp³-hybridized carbons (Fsp3) is 0.692. The van der Waals surface area contributed by atoms with Crippen LogP contribution in [0.5, 0.6) is 0 Å². The zero-order valence-corrected chi connectivity index (χ0v) is 22.5. The van der Waals surface area contributed by atoms with Crippen molar-refractivity contribution >= 4 is 29.4 Å². The fourth-order valence-electron chi connectivity index (χ4n) is 4.53. The van der Waals surface area contributed by atoms with Crippen molar-refractivity contribution in [1.82, 2.24) is 10.2 Å². The zero-order chi connectivity index (χ0) is 27.9. The zero-order valence-electron chi connectivity index (χ0n) is 21.7. The van der Waals surface area contributed by atoms with E-state index in [-0.39, 0.29) is 42.0 Å². The predicted molar refractivity (Wildman–Crippen MR) is 138 cm³/mol. The first-order valence-corrected chi connectivity index (χ1v) is 13.7. The number of anilines is 1. The smallest absolute Gasteiger partial charge is 0.399 e. The number of unbranched alkanes of at least 4 members (excludes halogenated alkanes) is 1. The minimum Gasteiger partial charge on any atom is -0.399 e. The molecule has 2 rings (SSSR count). The molecule has 0 spiro atoms. The molecule has 3 amide bonds. The summed E-state index contributed by atoms with van der Waals surface area (Å²) in [4.78, 5) is 25.0. The Morgan fingerprint density at radius 1 is 1.05 bits per heavy atom. The molecule has 1 aliphatic heterocycles. The SMILES string of the molecule is Cc1cc(C(CCN2CC(=O)NC2=O)CC(C)(C)CCCCSCCCC(F)(F)C(F)(F)F)ccc1N. The summed E-state index contributed by atoms with van der Waals surface area (Å²) in [5.41, 5.74) is 8.81. The molecule has 210 valence electrons. The number of amides is 3. The van der Waals surface area contributed by atoms with E-state index in [1.165, 1.54) is 16.7 Å². The molecule has 3 N–H and O–H groups in total. The Balaban J connectivity index is 1.83. The largest absolute Gasteiger partial charge is 0.453 e. The van der Waals surface area contributed by atoms with E-state index in [2.05, 4.69) is 25.2 Å². The number of nitrogens with one attached hydrogen (secondary N) is 1. The number of aryl methyl sites for hydroxylation is 1. The molecular weight excluding hydrogens is 513 g/mol. The Kier molecular flexibility index (Phi) is 11.1. The lowest BCUT2D eigenvalue weighted by molar-refractivity contribution is -0.284. The van der Waals surface area contributed by atoms with Crippen LogP contribution in [0.2, 0.25) is 0 Å². The number of hydrogen-bond acceptors (Lipinski definition) is 4. The Labute approximate surface area is 220 Å². The van der Waals surface area contributed by atoms with Gasteiger partial charge in [0.25, 0.3) is 0 Å². The molecule has 0 saturated carbocycles. The van der Waals surface area contributed by atoms with Gasteiger partial charge in [-0.15, -0.1) is 0 Å². The summed E-state index contributed by atoms with van der Waals surface area (Å²) in [7, 11) is 0. The minimum absolute atomic E-state index is 0.0253. The third-order valence-corrected chi connectivity index (χ3v) is 7.92. The number of carbonyl (C=O) groups is 2. The quantitative estimate of drug-likeness (QED) is 0.108. The minimum atomic E-state index is -5.48. The molecule has 0 aromatic heterocycles. The molecule has 1 fully saturated rings. The molecule has 1 unspecified atom stereocenters. The van der Waals surface area contributed by atoms with E-state index in [9.17, 15) is 31.5 Å². The standard InChI is InChI=1S/C26H38F5N3O2S/c1-18-15-19(7-8-21(18)32)20(9-12-34-17-22(35)33-23(34)36)16-24(2,3)10-4-5-13-37-14-6-11-25(27,28)26(29,30)31/h7-8,15,20H,4-6,9-14,16-17,32H2,1-3H3,(H,33,35,36). The Morgan fingerprint density at radius 2 is 1.73 bits per heavy atom. The van der Waals surface area contributed by atoms with Crippen LogP contribution >= 0.6 is 11.8 Å². The second-order valence-corrected chi connectivity index (χ2v) is 11.8. The van der Waals surface area contributed by atoms with Gasteiger partial charge in [-0.25, -0.2) is 4.79 Å². The molecule has 1 atom stereocenters. The molecule has 1 aromatic carbocycles. The lowest BCUT2D eigenvalue weighted by atomic mass is 9.75. The molecule has 1 aromatic rings. The molecule has 11 heteroatoms. The average molecular weight is 552 g/mol. The van der Waals surface area contributed by atoms with Gasteiger partial charge in [-0.05, 0) is 79.1 Å². The third-order valence-electron chi connectivity index (χ3n) is 6.77. The molecular formula is C26H38F5N3O2S. The van der Waals surface area contributed by atoms with E-state index in [1.54, 1.807) is 0 Å². The Bertz CT molecular complexity index is 924. The van der Waals surface area contributed by atoms with Crippen LogP contribution in [-0.2, 0) is 4.79 Å². The van der Waals surface area contributed by atoms with E-state index >= 15 is 0 Å². The molecule has 0 bridgehead atoms. The summed E-state index contributed by atoms with van der Waals surface area (Å²) in [5.74, 6) is -3.77.